The molecule has 0 saturated carbocycles. The van der Waals surface area contributed by atoms with Crippen LogP contribution in [-0.4, -0.2) is 225 Å². The number of aliphatic hydroxyl groups excluding tert-OH is 12. The maximum Gasteiger partial charge on any atom is 0.229 e. The number of rotatable bonds is 14. The first-order valence-corrected chi connectivity index (χ1v) is 29.5. The van der Waals surface area contributed by atoms with Crippen LogP contribution in [-0.2, 0) is 14.2 Å². The van der Waals surface area contributed by atoms with Gasteiger partial charge in [-0.05, 0) is 53.1 Å². The molecule has 20 atom stereocenters. The van der Waals surface area contributed by atoms with Crippen molar-refractivity contribution in [2.75, 3.05) is 19.8 Å². The maximum absolute atomic E-state index is 15.2. The Bertz CT molecular complexity index is 3840. The van der Waals surface area contributed by atoms with Crippen LogP contribution in [0.25, 0.3) is 0 Å². The number of fused-ring (bicyclic) bond motifs is 3. The Labute approximate surface area is 529 Å². The van der Waals surface area contributed by atoms with E-state index in [0.29, 0.717) is 0 Å². The summed E-state index contributed by atoms with van der Waals surface area (Å²) in [5.74, 6) is -12.8. The van der Waals surface area contributed by atoms with Crippen molar-refractivity contribution in [1.29, 1.82) is 0 Å². The number of carbonyl (C=O) groups excluding carboxylic acids is 1. The van der Waals surface area contributed by atoms with E-state index in [2.05, 4.69) is 0 Å². The molecule has 12 rings (SSSR count). The third kappa shape index (κ3) is 11.7. The van der Waals surface area contributed by atoms with Gasteiger partial charge in [0.2, 0.25) is 18.9 Å². The van der Waals surface area contributed by atoms with Crippen LogP contribution in [0.3, 0.4) is 0 Å². The van der Waals surface area contributed by atoms with E-state index in [-0.39, 0.29) is 39.1 Å². The normalized spacial score (nSPS) is 32.1. The zero-order valence-electron chi connectivity index (χ0n) is 48.8. The summed E-state index contributed by atoms with van der Waals surface area (Å²) in [5, 5.41) is 232. The largest absolute Gasteiger partial charge is 0.508 e. The number of benzene rings is 6. The van der Waals surface area contributed by atoms with E-state index in [0.717, 1.165) is 60.7 Å². The fourth-order valence-corrected chi connectivity index (χ4v) is 12.8. The Morgan fingerprint density at radius 3 is 1.20 bits per heavy atom. The van der Waals surface area contributed by atoms with Gasteiger partial charge in [-0.1, -0.05) is 18.2 Å². The SMILES string of the molecule is O=C1C[C@@H](c2ccc(O)c(O)c2)Oc2c1c(O[C@@H]1O[C@H](CO)[C@@H](O)[C@H](O)[C@H]1O)cc(O)c2[C@H]1C[C@H](c2ccc(O)c(O)c2)Oc2c([C@@H]3C[C@@H](c4ccc(O)c(O)c4)Oc4cc(O)cc(O[C@@H]5O[C@@H](CO)[C@@H](O)[C@H](O)[C@@H]5O)c43)c(O)cc(O[C@@H]3O[C@@H](CO)[C@@H](O)[C@H](O)[C@H]3O)c21. The molecule has 6 aliphatic heterocycles. The van der Waals surface area contributed by atoms with Gasteiger partial charge in [0.25, 0.3) is 0 Å². The molecule has 31 nitrogen and oxygen atoms in total. The molecule has 21 N–H and O–H groups in total. The van der Waals surface area contributed by atoms with Gasteiger partial charge in [0.15, 0.2) is 40.3 Å². The molecule has 0 radical (unpaired) electrons. The average Bonchev–Trinajstić information content (AvgIpc) is 0.718. The van der Waals surface area contributed by atoms with Crippen LogP contribution < -0.4 is 28.4 Å². The van der Waals surface area contributed by atoms with Crippen molar-refractivity contribution in [3.05, 3.63) is 123 Å². The summed E-state index contributed by atoms with van der Waals surface area (Å²) in [4.78, 5) is 15.2. The zero-order valence-corrected chi connectivity index (χ0v) is 48.8. The lowest BCUT2D eigenvalue weighted by molar-refractivity contribution is -0.277. The highest BCUT2D eigenvalue weighted by molar-refractivity contribution is 6.03. The van der Waals surface area contributed by atoms with Crippen molar-refractivity contribution in [3.63, 3.8) is 0 Å². The second kappa shape index (κ2) is 25.6. The van der Waals surface area contributed by atoms with E-state index in [1.807, 2.05) is 0 Å². The van der Waals surface area contributed by atoms with Crippen molar-refractivity contribution in [2.24, 2.45) is 0 Å². The van der Waals surface area contributed by atoms with E-state index < -0.39 is 259 Å². The van der Waals surface area contributed by atoms with Crippen LogP contribution in [0.5, 0.6) is 86.2 Å². The Morgan fingerprint density at radius 2 is 0.755 bits per heavy atom. The second-order valence-electron chi connectivity index (χ2n) is 23.6. The third-order valence-corrected chi connectivity index (χ3v) is 17.8. The summed E-state index contributed by atoms with van der Waals surface area (Å²) in [7, 11) is 0. The number of Topliss-reactive ketones (excluding diaryl/α,β-unsaturated/α-hetero) is 1. The quantitative estimate of drug-likeness (QED) is 0.0617. The number of ether oxygens (including phenoxy) is 9. The molecule has 0 bridgehead atoms. The predicted molar refractivity (Wildman–Crippen MR) is 309 cm³/mol. The minimum Gasteiger partial charge on any atom is -0.508 e. The van der Waals surface area contributed by atoms with Gasteiger partial charge < -0.3 is 150 Å². The first-order valence-electron chi connectivity index (χ1n) is 29.5. The molecule has 94 heavy (non-hydrogen) atoms. The van der Waals surface area contributed by atoms with E-state index in [1.54, 1.807) is 0 Å². The predicted octanol–water partition coefficient (Wildman–Crippen LogP) is -0.409. The van der Waals surface area contributed by atoms with E-state index in [4.69, 9.17) is 42.6 Å². The molecule has 0 spiro atoms. The van der Waals surface area contributed by atoms with Gasteiger partial charge in [-0.25, -0.2) is 0 Å². The highest BCUT2D eigenvalue weighted by atomic mass is 16.7. The molecule has 504 valence electrons. The summed E-state index contributed by atoms with van der Waals surface area (Å²) in [5.41, 5.74) is -1.41. The molecule has 0 aliphatic carbocycles. The smallest absolute Gasteiger partial charge is 0.229 e. The Hall–Kier alpha value is -8.61. The molecule has 3 fully saturated rings. The molecular formula is C63H66O31. The lowest BCUT2D eigenvalue weighted by atomic mass is 9.75. The standard InChI is InChI=1S/C63H66O31/c64-17-42-50(77)53(80)56(83)61(92-42)89-39-11-23(67)10-38-47(39)24(12-35(86-38)20-1-4-26(68)29(71)7-20)45-32(74)15-40(90-62-57(84)54(81)51(78)43(18-65)93-62)48-25(13-36(87-59(45)48)21-2-5-27(69)30(72)8-21)46-33(75)16-41(91-63-58(85)55(82)52(79)44(19-66)94-63)49-34(76)14-37(88-60(46)49)22-3-6-28(70)31(73)9-22/h1-11,15-16,24-25,35-37,42-44,50-58,61-75,77-85H,12-14,17-19H2/t24-,25+,35-,36+,37-,42-,43-,44+,50+,51+,52+,53-,54-,55-,56-,57+,58+,61+,62+,63+/m0/s1. The first-order chi connectivity index (χ1) is 44.8. The van der Waals surface area contributed by atoms with Crippen molar-refractivity contribution in [3.8, 4) is 86.2 Å². The second-order valence-corrected chi connectivity index (χ2v) is 23.6. The van der Waals surface area contributed by atoms with Gasteiger partial charge in [-0.2, -0.15) is 0 Å². The lowest BCUT2D eigenvalue weighted by Gasteiger charge is -2.43. The zero-order chi connectivity index (χ0) is 67.2. The number of phenols is 9. The molecule has 0 amide bonds. The number of aliphatic hydroxyl groups is 12. The number of phenolic OH excluding ortho intramolecular Hbond substituents is 9. The fourth-order valence-electron chi connectivity index (χ4n) is 12.8. The van der Waals surface area contributed by atoms with Crippen molar-refractivity contribution in [2.45, 2.75) is 142 Å². The number of hydrogen-bond donors (Lipinski definition) is 21. The summed E-state index contributed by atoms with van der Waals surface area (Å²) in [6.07, 6.45) is -34.6. The van der Waals surface area contributed by atoms with Crippen LogP contribution in [0.2, 0.25) is 0 Å². The summed E-state index contributed by atoms with van der Waals surface area (Å²) in [6.45, 7) is -2.78. The van der Waals surface area contributed by atoms with Gasteiger partial charge >= 0.3 is 0 Å². The molecule has 6 aliphatic rings. The molecule has 3 saturated heterocycles. The van der Waals surface area contributed by atoms with Crippen LogP contribution in [0.1, 0.15) is 98.7 Å². The van der Waals surface area contributed by atoms with Crippen LogP contribution >= 0.6 is 0 Å². The molecule has 6 heterocycles. The Balaban J connectivity index is 1.14. The third-order valence-electron chi connectivity index (χ3n) is 17.8. The van der Waals surface area contributed by atoms with Gasteiger partial charge in [0, 0.05) is 71.2 Å². The minimum atomic E-state index is -2.17. The van der Waals surface area contributed by atoms with Crippen LogP contribution in [0, 0.1) is 0 Å². The van der Waals surface area contributed by atoms with E-state index in [9.17, 15) is 107 Å². The first kappa shape index (κ1) is 65.5. The van der Waals surface area contributed by atoms with Crippen molar-refractivity contribution < 1.29 is 155 Å². The molecular weight excluding hydrogens is 1250 g/mol. The van der Waals surface area contributed by atoms with Crippen LogP contribution in [0.4, 0.5) is 0 Å². The molecule has 0 aromatic heterocycles. The monoisotopic (exact) mass is 1320 g/mol. The topological polar surface area (TPSA) is 525 Å². The summed E-state index contributed by atoms with van der Waals surface area (Å²) in [6, 6.07) is 14.6. The summed E-state index contributed by atoms with van der Waals surface area (Å²) >= 11 is 0. The van der Waals surface area contributed by atoms with E-state index in [1.165, 1.54) is 18.2 Å². The highest BCUT2D eigenvalue weighted by Gasteiger charge is 2.52. The molecule has 6 aromatic rings. The van der Waals surface area contributed by atoms with Gasteiger partial charge in [-0.15, -0.1) is 0 Å². The van der Waals surface area contributed by atoms with Gasteiger partial charge in [0.05, 0.1) is 26.2 Å². The van der Waals surface area contributed by atoms with E-state index >= 15 is 4.79 Å². The van der Waals surface area contributed by atoms with Gasteiger partial charge in [0.1, 0.15) is 149 Å². The minimum absolute atomic E-state index is 0.0448. The highest BCUT2D eigenvalue weighted by Crippen LogP contribution is 2.63. The number of hydrogen-bond acceptors (Lipinski definition) is 31. The number of carbonyl (C=O) groups is 1. The summed E-state index contributed by atoms with van der Waals surface area (Å²) < 4.78 is 56.4. The average molecular weight is 1320 g/mol. The van der Waals surface area contributed by atoms with Gasteiger partial charge in [-0.3, -0.25) is 4.79 Å². The van der Waals surface area contributed by atoms with Crippen molar-refractivity contribution in [1.82, 2.24) is 0 Å². The maximum atomic E-state index is 15.2. The lowest BCUT2D eigenvalue weighted by Crippen LogP contribution is -2.60. The number of aromatic hydroxyl groups is 9. The molecule has 0 unspecified atom stereocenters. The molecule has 31 heteroatoms. The Morgan fingerprint density at radius 1 is 0.372 bits per heavy atom. The van der Waals surface area contributed by atoms with Crippen LogP contribution in [0.15, 0.2) is 78.9 Å². The van der Waals surface area contributed by atoms with Crippen molar-refractivity contribution >= 4 is 5.78 Å². The Kier molecular flexibility index (Phi) is 17.8. The number of ketones is 1. The molecule has 6 aromatic carbocycles. The fraction of sp³-hybridized carbons (Fsp3) is 0.413.